The van der Waals surface area contributed by atoms with Crippen LogP contribution in [0, 0.1) is 5.41 Å². The smallest absolute Gasteiger partial charge is 0.368 e. The molecule has 0 saturated heterocycles. The molecular formula is C21H24F3N7O8S. The van der Waals surface area contributed by atoms with Crippen LogP contribution in [0.2, 0.25) is 0 Å². The number of nitrogens with one attached hydrogen (secondary N) is 5. The third-order valence-corrected chi connectivity index (χ3v) is 6.11. The predicted molar refractivity (Wildman–Crippen MR) is 132 cm³/mol. The number of carbonyl (C=O) groups excluding carboxylic acids is 3. The Morgan fingerprint density at radius 2 is 1.75 bits per heavy atom. The minimum atomic E-state index is -5.53. The van der Waals surface area contributed by atoms with E-state index in [0.29, 0.717) is 0 Å². The summed E-state index contributed by atoms with van der Waals surface area (Å²) in [6, 6.07) is 6.48. The molecule has 0 spiro atoms. The standard InChI is InChI=1S/C21H24F3N7O8S/c1-11(17(33)27-9-10-38-29-20(25)26)16-8-7-15(18(34)31(16)39-19(35)21(22,23)24)30-40(36,37)14-5-3-13(4-6-14)28-12(2)32/h3-8,11,30H,9-10H2,1-2H3,(H,27,33)(H,28,32)(H4,25,26,29). The van der Waals surface area contributed by atoms with E-state index < -0.39 is 62.8 Å². The SMILES string of the molecule is CC(=O)Nc1ccc(S(=O)(=O)Nc2ccc(C(C)C(=O)NCCONC(=N)N)n(OC(=O)C(F)(F)F)c2=O)cc1. The molecule has 1 atom stereocenters. The molecule has 15 nitrogen and oxygen atoms in total. The highest BCUT2D eigenvalue weighted by molar-refractivity contribution is 7.92. The maximum absolute atomic E-state index is 13.0. The van der Waals surface area contributed by atoms with Gasteiger partial charge in [-0.3, -0.25) is 29.4 Å². The molecule has 2 amide bonds. The highest BCUT2D eigenvalue weighted by Crippen LogP contribution is 2.21. The summed E-state index contributed by atoms with van der Waals surface area (Å²) >= 11 is 0. The number of alkyl halides is 3. The fourth-order valence-electron chi connectivity index (χ4n) is 2.93. The second-order valence-electron chi connectivity index (χ2n) is 7.84. The fraction of sp³-hybridized carbons (Fsp3) is 0.286. The number of amides is 2. The first-order valence-electron chi connectivity index (χ1n) is 11.0. The number of hydroxylamine groups is 1. The summed E-state index contributed by atoms with van der Waals surface area (Å²) in [7, 11) is -4.49. The molecule has 0 aliphatic carbocycles. The Labute approximate surface area is 224 Å². The largest absolute Gasteiger partial charge is 0.493 e. The lowest BCUT2D eigenvalue weighted by Crippen LogP contribution is -2.42. The maximum Gasteiger partial charge on any atom is 0.493 e. The second-order valence-corrected chi connectivity index (χ2v) is 9.52. The van der Waals surface area contributed by atoms with Gasteiger partial charge in [0.15, 0.2) is 0 Å². The molecule has 218 valence electrons. The molecule has 0 fully saturated rings. The first kappa shape index (κ1) is 31.6. The number of hydrogen-bond donors (Lipinski definition) is 6. The van der Waals surface area contributed by atoms with Gasteiger partial charge in [0.1, 0.15) is 5.69 Å². The Morgan fingerprint density at radius 1 is 1.12 bits per heavy atom. The van der Waals surface area contributed by atoms with Gasteiger partial charge in [0.2, 0.25) is 17.8 Å². The number of sulfonamides is 1. The van der Waals surface area contributed by atoms with E-state index in [4.69, 9.17) is 16.0 Å². The van der Waals surface area contributed by atoms with Crippen molar-refractivity contribution in [3.8, 4) is 0 Å². The Balaban J connectivity index is 2.37. The van der Waals surface area contributed by atoms with E-state index in [2.05, 4.69) is 15.5 Å². The number of pyridine rings is 1. The molecule has 1 aromatic carbocycles. The van der Waals surface area contributed by atoms with Crippen LogP contribution in [-0.4, -0.2) is 56.2 Å². The van der Waals surface area contributed by atoms with Crippen LogP contribution < -0.4 is 37.0 Å². The molecular weight excluding hydrogens is 567 g/mol. The van der Waals surface area contributed by atoms with Gasteiger partial charge in [-0.2, -0.15) is 13.2 Å². The monoisotopic (exact) mass is 591 g/mol. The van der Waals surface area contributed by atoms with Crippen molar-refractivity contribution < 1.29 is 45.6 Å². The summed E-state index contributed by atoms with van der Waals surface area (Å²) in [6.45, 7) is 2.08. The molecule has 0 bridgehead atoms. The summed E-state index contributed by atoms with van der Waals surface area (Å²) < 4.78 is 66.1. The van der Waals surface area contributed by atoms with Gasteiger partial charge in [0.05, 0.1) is 23.1 Å². The van der Waals surface area contributed by atoms with Crippen molar-refractivity contribution in [2.75, 3.05) is 23.2 Å². The molecule has 0 saturated carbocycles. The first-order valence-corrected chi connectivity index (χ1v) is 12.5. The Hall–Kier alpha value is -4.65. The molecule has 7 N–H and O–H groups in total. The molecule has 2 rings (SSSR count). The van der Waals surface area contributed by atoms with Crippen LogP contribution in [-0.2, 0) is 29.2 Å². The van der Waals surface area contributed by atoms with Crippen LogP contribution in [0.15, 0.2) is 46.1 Å². The van der Waals surface area contributed by atoms with E-state index in [1.807, 2.05) is 10.2 Å². The van der Waals surface area contributed by atoms with Crippen LogP contribution in [0.1, 0.15) is 25.5 Å². The Morgan fingerprint density at radius 3 is 2.30 bits per heavy atom. The van der Waals surface area contributed by atoms with E-state index in [0.717, 1.165) is 24.3 Å². The third kappa shape index (κ3) is 8.70. The van der Waals surface area contributed by atoms with E-state index >= 15 is 0 Å². The van der Waals surface area contributed by atoms with Crippen molar-refractivity contribution >= 4 is 45.1 Å². The number of nitrogens with two attached hydrogens (primary N) is 1. The van der Waals surface area contributed by atoms with E-state index in [1.54, 1.807) is 0 Å². The zero-order valence-electron chi connectivity index (χ0n) is 20.8. The number of carbonyl (C=O) groups is 3. The van der Waals surface area contributed by atoms with Gasteiger partial charge in [0.25, 0.3) is 10.0 Å². The second kappa shape index (κ2) is 12.9. The highest BCUT2D eigenvalue weighted by atomic mass is 32.2. The van der Waals surface area contributed by atoms with Crippen molar-refractivity contribution in [3.05, 3.63) is 52.4 Å². The average molecular weight is 592 g/mol. The fourth-order valence-corrected chi connectivity index (χ4v) is 3.98. The normalized spacial score (nSPS) is 12.1. The van der Waals surface area contributed by atoms with Crippen LogP contribution in [0.4, 0.5) is 24.5 Å². The zero-order chi connectivity index (χ0) is 30.3. The summed E-state index contributed by atoms with van der Waals surface area (Å²) in [5, 5.41) is 11.7. The van der Waals surface area contributed by atoms with E-state index in [1.165, 1.54) is 26.0 Å². The van der Waals surface area contributed by atoms with Gasteiger partial charge in [-0.1, -0.05) is 0 Å². The molecule has 0 aliphatic heterocycles. The predicted octanol–water partition coefficient (Wildman–Crippen LogP) is -0.241. The summed E-state index contributed by atoms with van der Waals surface area (Å²) in [4.78, 5) is 56.7. The Bertz CT molecular complexity index is 1440. The molecule has 1 unspecified atom stereocenters. The third-order valence-electron chi connectivity index (χ3n) is 4.73. The minimum Gasteiger partial charge on any atom is -0.368 e. The summed E-state index contributed by atoms with van der Waals surface area (Å²) in [5.41, 5.74) is 4.44. The topological polar surface area (TPSA) is 224 Å². The summed E-state index contributed by atoms with van der Waals surface area (Å²) in [5.74, 6) is -5.95. The molecule has 0 aliphatic rings. The van der Waals surface area contributed by atoms with Crippen LogP contribution in [0.3, 0.4) is 0 Å². The van der Waals surface area contributed by atoms with Crippen molar-refractivity contribution in [2.24, 2.45) is 5.73 Å². The van der Waals surface area contributed by atoms with Crippen molar-refractivity contribution in [1.29, 1.82) is 5.41 Å². The van der Waals surface area contributed by atoms with Crippen molar-refractivity contribution in [2.45, 2.75) is 30.8 Å². The van der Waals surface area contributed by atoms with Gasteiger partial charge in [-0.05, 0) is 43.3 Å². The number of halogens is 3. The molecule has 1 heterocycles. The molecule has 40 heavy (non-hydrogen) atoms. The van der Waals surface area contributed by atoms with E-state index in [9.17, 15) is 40.8 Å². The summed E-state index contributed by atoms with van der Waals surface area (Å²) in [6.07, 6.45) is -5.53. The number of rotatable bonds is 11. The highest BCUT2D eigenvalue weighted by Gasteiger charge is 2.43. The van der Waals surface area contributed by atoms with Gasteiger partial charge >= 0.3 is 17.7 Å². The number of hydrogen-bond acceptors (Lipinski definition) is 9. The van der Waals surface area contributed by atoms with E-state index in [-0.39, 0.29) is 28.5 Å². The van der Waals surface area contributed by atoms with Gasteiger partial charge in [-0.15, -0.1) is 4.73 Å². The maximum atomic E-state index is 13.0. The molecule has 19 heteroatoms. The lowest BCUT2D eigenvalue weighted by molar-refractivity contribution is -0.200. The lowest BCUT2D eigenvalue weighted by atomic mass is 10.1. The van der Waals surface area contributed by atoms with Crippen molar-refractivity contribution in [1.82, 2.24) is 15.5 Å². The Kier molecular flexibility index (Phi) is 10.2. The molecule has 1 aromatic heterocycles. The van der Waals surface area contributed by atoms with Crippen LogP contribution >= 0.6 is 0 Å². The van der Waals surface area contributed by atoms with Gasteiger partial charge in [-0.25, -0.2) is 18.7 Å². The molecule has 0 radical (unpaired) electrons. The zero-order valence-corrected chi connectivity index (χ0v) is 21.6. The van der Waals surface area contributed by atoms with Crippen LogP contribution in [0.5, 0.6) is 0 Å². The first-order chi connectivity index (χ1) is 18.5. The van der Waals surface area contributed by atoms with Crippen LogP contribution in [0.25, 0.3) is 0 Å². The van der Waals surface area contributed by atoms with Crippen molar-refractivity contribution in [3.63, 3.8) is 0 Å². The van der Waals surface area contributed by atoms with Gasteiger partial charge < -0.3 is 21.2 Å². The number of anilines is 2. The number of nitrogens with zero attached hydrogens (tertiary/aromatic N) is 1. The number of guanidine groups is 1. The minimum absolute atomic E-state index is 0.133. The average Bonchev–Trinajstić information content (AvgIpc) is 2.84. The number of benzene rings is 1. The lowest BCUT2D eigenvalue weighted by Gasteiger charge is -2.19. The number of aromatic nitrogens is 1. The van der Waals surface area contributed by atoms with Gasteiger partial charge in [0, 0.05) is 19.2 Å². The quantitative estimate of drug-likeness (QED) is 0.0870. The molecule has 2 aromatic rings.